The Kier molecular flexibility index (Phi) is 8.84. The summed E-state index contributed by atoms with van der Waals surface area (Å²) in [5, 5.41) is 2.46. The predicted molar refractivity (Wildman–Crippen MR) is 280 cm³/mol. The Hall–Kier alpha value is -7.42. The molecule has 0 spiro atoms. The van der Waals surface area contributed by atoms with Gasteiger partial charge >= 0.3 is 0 Å². The van der Waals surface area contributed by atoms with Crippen LogP contribution in [-0.2, 0) is 16.2 Å². The van der Waals surface area contributed by atoms with Crippen LogP contribution in [0.5, 0.6) is 0 Å². The zero-order valence-electron chi connectivity index (χ0n) is 38.9. The Labute approximate surface area is 389 Å². The van der Waals surface area contributed by atoms with Gasteiger partial charge in [-0.05, 0) is 121 Å². The van der Waals surface area contributed by atoms with Crippen molar-refractivity contribution in [2.75, 3.05) is 4.90 Å². The van der Waals surface area contributed by atoms with Crippen molar-refractivity contribution in [1.82, 2.24) is 4.57 Å². The van der Waals surface area contributed by atoms with E-state index in [1.165, 1.54) is 99.8 Å². The Morgan fingerprint density at radius 2 is 0.939 bits per heavy atom. The van der Waals surface area contributed by atoms with Crippen molar-refractivity contribution in [3.8, 4) is 50.2 Å². The van der Waals surface area contributed by atoms with E-state index in [1.54, 1.807) is 0 Å². The predicted octanol–water partition coefficient (Wildman–Crippen LogP) is 17.5. The lowest BCUT2D eigenvalue weighted by Crippen LogP contribution is -2.28. The molecular formula is C64H54N2. The van der Waals surface area contributed by atoms with E-state index in [2.05, 4.69) is 258 Å². The zero-order valence-corrected chi connectivity index (χ0v) is 38.9. The number of aromatic nitrogens is 1. The molecule has 0 saturated carbocycles. The fraction of sp³-hybridized carbons (Fsp3) is 0.156. The summed E-state index contributed by atoms with van der Waals surface area (Å²) in [6, 6.07) is 74.5. The van der Waals surface area contributed by atoms with Crippen LogP contribution >= 0.6 is 0 Å². The number of para-hydroxylation sites is 2. The Balaban J connectivity index is 1.28. The van der Waals surface area contributed by atoms with Gasteiger partial charge in [0.2, 0.25) is 0 Å². The molecule has 0 atom stereocenters. The molecule has 0 aliphatic heterocycles. The molecule has 2 aliphatic rings. The molecule has 66 heavy (non-hydrogen) atoms. The maximum Gasteiger partial charge on any atom is 0.0556 e. The van der Waals surface area contributed by atoms with Crippen LogP contribution in [-0.4, -0.2) is 4.57 Å². The number of benzene rings is 9. The third-order valence-corrected chi connectivity index (χ3v) is 14.8. The Morgan fingerprint density at radius 1 is 0.424 bits per heavy atom. The highest BCUT2D eigenvalue weighted by atomic mass is 15.2. The summed E-state index contributed by atoms with van der Waals surface area (Å²) in [5.41, 5.74) is 23.5. The van der Waals surface area contributed by atoms with E-state index >= 15 is 0 Å². The van der Waals surface area contributed by atoms with Crippen LogP contribution in [0.4, 0.5) is 17.1 Å². The van der Waals surface area contributed by atoms with Gasteiger partial charge in [0.25, 0.3) is 0 Å². The highest BCUT2D eigenvalue weighted by Crippen LogP contribution is 2.66. The van der Waals surface area contributed by atoms with Crippen molar-refractivity contribution in [2.24, 2.45) is 0 Å². The van der Waals surface area contributed by atoms with Crippen molar-refractivity contribution in [3.63, 3.8) is 0 Å². The number of nitrogens with zero attached hydrogens (tertiary/aromatic N) is 2. The van der Waals surface area contributed by atoms with Crippen LogP contribution in [0.15, 0.2) is 200 Å². The minimum absolute atomic E-state index is 0.163. The van der Waals surface area contributed by atoms with Gasteiger partial charge in [0, 0.05) is 38.5 Å². The van der Waals surface area contributed by atoms with Crippen LogP contribution < -0.4 is 4.90 Å². The fourth-order valence-corrected chi connectivity index (χ4v) is 12.0. The van der Waals surface area contributed by atoms with Gasteiger partial charge in [-0.1, -0.05) is 200 Å². The molecule has 2 nitrogen and oxygen atoms in total. The quantitative estimate of drug-likeness (QED) is 0.162. The van der Waals surface area contributed by atoms with Gasteiger partial charge in [-0.15, -0.1) is 0 Å². The van der Waals surface area contributed by atoms with Crippen molar-refractivity contribution in [1.29, 1.82) is 0 Å². The van der Waals surface area contributed by atoms with Gasteiger partial charge in [-0.2, -0.15) is 0 Å². The molecule has 0 unspecified atom stereocenters. The van der Waals surface area contributed by atoms with Crippen LogP contribution in [0, 0.1) is 0 Å². The maximum atomic E-state index is 2.69. The Bertz CT molecular complexity index is 3460. The lowest BCUT2D eigenvalue weighted by molar-refractivity contribution is 0.587. The van der Waals surface area contributed by atoms with Crippen molar-refractivity contribution >= 4 is 38.9 Å². The summed E-state index contributed by atoms with van der Waals surface area (Å²) in [5.74, 6) is 0. The monoisotopic (exact) mass is 850 g/mol. The van der Waals surface area contributed by atoms with Gasteiger partial charge in [0.05, 0.1) is 22.4 Å². The molecule has 0 saturated heterocycles. The summed E-state index contributed by atoms with van der Waals surface area (Å²) in [4.78, 5) is 2.69. The smallest absolute Gasteiger partial charge is 0.0556 e. The standard InChI is InChI=1S/C64H54N2/c1-62(2,3)58-56-47-30-17-20-32-51(47)63(4,5)59(56)61(60-57(58)48-31-18-21-33-52(48)64(60,6)7)66(54-37-35-43(41-23-11-8-12-24-41)39-49(54)42-25-13-9-14-26-42)45-36-38-55-50(40-45)46-29-19-22-34-53(46)65(55)44-27-15-10-16-28-44/h8-40H,1-7H3. The number of rotatable bonds is 6. The van der Waals surface area contributed by atoms with Crippen LogP contribution in [0.1, 0.15) is 76.3 Å². The number of hydrogen-bond acceptors (Lipinski definition) is 1. The highest BCUT2D eigenvalue weighted by Gasteiger charge is 2.50. The molecule has 0 amide bonds. The van der Waals surface area contributed by atoms with E-state index < -0.39 is 0 Å². The molecule has 12 rings (SSSR count). The molecule has 2 heteroatoms. The van der Waals surface area contributed by atoms with Crippen LogP contribution in [0.25, 0.3) is 72.0 Å². The van der Waals surface area contributed by atoms with E-state index in [-0.39, 0.29) is 16.2 Å². The first-order valence-corrected chi connectivity index (χ1v) is 23.5. The third kappa shape index (κ3) is 5.80. The summed E-state index contributed by atoms with van der Waals surface area (Å²) in [6.45, 7) is 17.2. The molecule has 1 heterocycles. The summed E-state index contributed by atoms with van der Waals surface area (Å²) in [7, 11) is 0. The molecule has 0 fully saturated rings. The highest BCUT2D eigenvalue weighted by molar-refractivity contribution is 6.12. The first kappa shape index (κ1) is 40.1. The SMILES string of the molecule is CC(C)(C)c1c2c(c(N(c3ccc4c(c3)c3ccccc3n4-c3ccccc3)c3ccc(-c4ccccc4)cc3-c3ccccc3)c3c1-c1ccccc1C3(C)C)C(C)(C)c1ccccc1-2. The van der Waals surface area contributed by atoms with E-state index in [0.717, 1.165) is 17.1 Å². The maximum absolute atomic E-state index is 2.69. The molecule has 1 aromatic heterocycles. The second-order valence-electron chi connectivity index (χ2n) is 20.5. The van der Waals surface area contributed by atoms with Crippen LogP contribution in [0.3, 0.4) is 0 Å². The molecular weight excluding hydrogens is 797 g/mol. The fourth-order valence-electron chi connectivity index (χ4n) is 12.0. The normalized spacial score (nSPS) is 14.2. The first-order valence-electron chi connectivity index (χ1n) is 23.5. The molecule has 0 N–H and O–H groups in total. The summed E-state index contributed by atoms with van der Waals surface area (Å²) in [6.07, 6.45) is 0. The van der Waals surface area contributed by atoms with Gasteiger partial charge in [0.15, 0.2) is 0 Å². The van der Waals surface area contributed by atoms with Crippen molar-refractivity contribution in [3.05, 3.63) is 228 Å². The van der Waals surface area contributed by atoms with E-state index in [9.17, 15) is 0 Å². The molecule has 10 aromatic rings. The molecule has 320 valence electrons. The third-order valence-electron chi connectivity index (χ3n) is 14.8. The second-order valence-corrected chi connectivity index (χ2v) is 20.5. The molecule has 0 bridgehead atoms. The summed E-state index contributed by atoms with van der Waals surface area (Å²) < 4.78 is 2.43. The number of hydrogen-bond donors (Lipinski definition) is 0. The van der Waals surface area contributed by atoms with E-state index in [1.807, 2.05) is 0 Å². The average molecular weight is 851 g/mol. The van der Waals surface area contributed by atoms with Gasteiger partial charge in [-0.25, -0.2) is 0 Å². The minimum Gasteiger partial charge on any atom is -0.309 e. The van der Waals surface area contributed by atoms with E-state index in [4.69, 9.17) is 0 Å². The number of anilines is 3. The average Bonchev–Trinajstić information content (AvgIpc) is 3.89. The molecule has 0 radical (unpaired) electrons. The Morgan fingerprint density at radius 3 is 1.55 bits per heavy atom. The second kappa shape index (κ2) is 14.5. The topological polar surface area (TPSA) is 8.17 Å². The lowest BCUT2D eigenvalue weighted by Gasteiger charge is -2.40. The van der Waals surface area contributed by atoms with Gasteiger partial charge in [0.1, 0.15) is 0 Å². The summed E-state index contributed by atoms with van der Waals surface area (Å²) >= 11 is 0. The minimum atomic E-state index is -0.330. The molecule has 9 aromatic carbocycles. The zero-order chi connectivity index (χ0) is 45.1. The largest absolute Gasteiger partial charge is 0.309 e. The van der Waals surface area contributed by atoms with E-state index in [0.29, 0.717) is 0 Å². The van der Waals surface area contributed by atoms with Crippen molar-refractivity contribution in [2.45, 2.75) is 64.7 Å². The van der Waals surface area contributed by atoms with Crippen LogP contribution in [0.2, 0.25) is 0 Å². The first-order chi connectivity index (χ1) is 31.9. The van der Waals surface area contributed by atoms with Gasteiger partial charge in [-0.3, -0.25) is 0 Å². The molecule has 2 aliphatic carbocycles. The van der Waals surface area contributed by atoms with Crippen molar-refractivity contribution < 1.29 is 0 Å². The lowest BCUT2D eigenvalue weighted by atomic mass is 9.70. The number of fused-ring (bicyclic) bond motifs is 9. The van der Waals surface area contributed by atoms with Gasteiger partial charge < -0.3 is 9.47 Å².